The van der Waals surface area contributed by atoms with Crippen molar-refractivity contribution in [2.45, 2.75) is 6.54 Å². The van der Waals surface area contributed by atoms with Crippen LogP contribution in [0.15, 0.2) is 6.20 Å². The largest absolute Gasteiger partial charge is 0.289 e. The van der Waals surface area contributed by atoms with Crippen LogP contribution in [0.25, 0.3) is 0 Å². The van der Waals surface area contributed by atoms with E-state index in [1.807, 2.05) is 0 Å². The van der Waals surface area contributed by atoms with Crippen molar-refractivity contribution in [2.75, 3.05) is 6.61 Å². The normalized spacial score (nSPS) is 9.36. The lowest BCUT2D eigenvalue weighted by Gasteiger charge is -1.97. The lowest BCUT2D eigenvalue weighted by molar-refractivity contribution is 0.0609. The maximum absolute atomic E-state index is 4.95. The van der Waals surface area contributed by atoms with Crippen LogP contribution in [0.1, 0.15) is 5.69 Å². The van der Waals surface area contributed by atoms with Crippen LogP contribution < -0.4 is 5.48 Å². The van der Waals surface area contributed by atoms with E-state index in [1.54, 1.807) is 6.20 Å². The van der Waals surface area contributed by atoms with E-state index in [9.17, 15) is 0 Å². The highest BCUT2D eigenvalue weighted by molar-refractivity contribution is 6.99. The highest BCUT2D eigenvalue weighted by atomic mass is 32.1. The number of rotatable bonds is 4. The first-order valence-electron chi connectivity index (χ1n) is 2.98. The van der Waals surface area contributed by atoms with E-state index >= 15 is 0 Å². The monoisotopic (exact) mass is 169 g/mol. The van der Waals surface area contributed by atoms with E-state index in [1.165, 1.54) is 11.7 Å². The number of nitrogens with zero attached hydrogens (tertiary/aromatic N) is 2. The lowest BCUT2D eigenvalue weighted by atomic mass is 10.5. The summed E-state index contributed by atoms with van der Waals surface area (Å²) in [5, 5.41) is 0. The van der Waals surface area contributed by atoms with Crippen LogP contribution in [0.5, 0.6) is 0 Å². The van der Waals surface area contributed by atoms with Crippen molar-refractivity contribution in [3.63, 3.8) is 0 Å². The molecule has 58 valence electrons. The zero-order chi connectivity index (χ0) is 7.94. The molecule has 0 bridgehead atoms. The molecular weight excluding hydrogens is 162 g/mol. The molecule has 0 aliphatic carbocycles. The van der Waals surface area contributed by atoms with Gasteiger partial charge in [0.15, 0.2) is 0 Å². The molecule has 0 saturated carbocycles. The van der Waals surface area contributed by atoms with Gasteiger partial charge in [-0.1, -0.05) is 5.92 Å². The summed E-state index contributed by atoms with van der Waals surface area (Å²) in [5.41, 5.74) is 3.50. The molecule has 0 aromatic carbocycles. The molecule has 1 heterocycles. The molecule has 0 spiro atoms. The van der Waals surface area contributed by atoms with Gasteiger partial charge in [-0.3, -0.25) is 4.84 Å². The molecule has 1 N–H and O–H groups in total. The van der Waals surface area contributed by atoms with Gasteiger partial charge in [0, 0.05) is 0 Å². The average Bonchev–Trinajstić information content (AvgIpc) is 2.50. The molecule has 0 atom stereocenters. The fraction of sp³-hybridized carbons (Fsp3) is 0.333. The maximum Gasteiger partial charge on any atom is 0.128 e. The molecule has 0 aliphatic rings. The molecule has 5 heteroatoms. The molecule has 1 aromatic rings. The number of hydroxylamine groups is 1. The van der Waals surface area contributed by atoms with Crippen molar-refractivity contribution in [3.8, 4) is 12.3 Å². The Labute approximate surface area is 68.9 Å². The van der Waals surface area contributed by atoms with Gasteiger partial charge < -0.3 is 0 Å². The Morgan fingerprint density at radius 2 is 2.73 bits per heavy atom. The van der Waals surface area contributed by atoms with Crippen LogP contribution >= 0.6 is 11.7 Å². The summed E-state index contributed by atoms with van der Waals surface area (Å²) in [4.78, 5) is 4.81. The smallest absolute Gasteiger partial charge is 0.128 e. The third-order valence-corrected chi connectivity index (χ3v) is 1.43. The van der Waals surface area contributed by atoms with Gasteiger partial charge in [-0.25, -0.2) is 0 Å². The van der Waals surface area contributed by atoms with Crippen LogP contribution in [0.2, 0.25) is 0 Å². The minimum absolute atomic E-state index is 0.261. The summed E-state index contributed by atoms with van der Waals surface area (Å²) in [7, 11) is 0. The van der Waals surface area contributed by atoms with E-state index in [4.69, 9.17) is 11.3 Å². The fourth-order valence-electron chi connectivity index (χ4n) is 0.480. The second-order valence-electron chi connectivity index (χ2n) is 1.71. The zero-order valence-corrected chi connectivity index (χ0v) is 6.60. The molecule has 0 unspecified atom stereocenters. The summed E-state index contributed by atoms with van der Waals surface area (Å²) < 4.78 is 7.77. The van der Waals surface area contributed by atoms with E-state index in [-0.39, 0.29) is 6.61 Å². The van der Waals surface area contributed by atoms with Crippen molar-refractivity contribution < 1.29 is 4.84 Å². The van der Waals surface area contributed by atoms with E-state index < -0.39 is 0 Å². The van der Waals surface area contributed by atoms with Crippen molar-refractivity contribution in [2.24, 2.45) is 0 Å². The third-order valence-electron chi connectivity index (χ3n) is 0.918. The minimum Gasteiger partial charge on any atom is -0.289 e. The standard InChI is InChI=1S/C6H7N3OS/c1-2-3-10-7-4-6-5-8-11-9-6/h1,5,7H,3-4H2. The lowest BCUT2D eigenvalue weighted by Crippen LogP contribution is -2.14. The average molecular weight is 169 g/mol. The molecule has 0 radical (unpaired) electrons. The topological polar surface area (TPSA) is 47.0 Å². The molecule has 1 rings (SSSR count). The number of hydrogen-bond donors (Lipinski definition) is 1. The van der Waals surface area contributed by atoms with Gasteiger partial charge in [-0.05, 0) is 0 Å². The SMILES string of the molecule is C#CCONCc1cnsn1. The summed E-state index contributed by atoms with van der Waals surface area (Å²) >= 11 is 1.17. The highest BCUT2D eigenvalue weighted by Gasteiger charge is 1.93. The summed E-state index contributed by atoms with van der Waals surface area (Å²) in [6.07, 6.45) is 6.62. The van der Waals surface area contributed by atoms with Crippen LogP contribution in [-0.4, -0.2) is 15.4 Å². The first-order chi connectivity index (χ1) is 5.43. The fourth-order valence-corrected chi connectivity index (χ4v) is 0.912. The van der Waals surface area contributed by atoms with E-state index in [0.29, 0.717) is 6.54 Å². The van der Waals surface area contributed by atoms with Crippen molar-refractivity contribution in [1.29, 1.82) is 0 Å². The highest BCUT2D eigenvalue weighted by Crippen LogP contribution is 1.92. The minimum atomic E-state index is 0.261. The second-order valence-corrected chi connectivity index (χ2v) is 2.27. The molecule has 0 amide bonds. The quantitative estimate of drug-likeness (QED) is 0.397. The molecule has 11 heavy (non-hydrogen) atoms. The van der Waals surface area contributed by atoms with Gasteiger partial charge in [-0.2, -0.15) is 14.2 Å². The number of nitrogens with one attached hydrogen (secondary N) is 1. The predicted molar refractivity (Wildman–Crippen MR) is 41.5 cm³/mol. The second kappa shape index (κ2) is 4.79. The van der Waals surface area contributed by atoms with Crippen molar-refractivity contribution in [1.82, 2.24) is 14.2 Å². The Kier molecular flexibility index (Phi) is 3.55. The Balaban J connectivity index is 2.10. The van der Waals surface area contributed by atoms with Gasteiger partial charge in [0.05, 0.1) is 30.2 Å². The molecule has 0 saturated heterocycles. The van der Waals surface area contributed by atoms with Crippen molar-refractivity contribution >= 4 is 11.7 Å². The van der Waals surface area contributed by atoms with E-state index in [2.05, 4.69) is 20.1 Å². The zero-order valence-electron chi connectivity index (χ0n) is 5.78. The van der Waals surface area contributed by atoms with Crippen LogP contribution in [0, 0.1) is 12.3 Å². The van der Waals surface area contributed by atoms with E-state index in [0.717, 1.165) is 5.69 Å². The first-order valence-corrected chi connectivity index (χ1v) is 3.71. The molecule has 0 fully saturated rings. The summed E-state index contributed by atoms with van der Waals surface area (Å²) in [6, 6.07) is 0. The number of hydrogen-bond acceptors (Lipinski definition) is 5. The Morgan fingerprint density at radius 1 is 1.82 bits per heavy atom. The molecule has 1 aromatic heterocycles. The van der Waals surface area contributed by atoms with Gasteiger partial charge in [0.25, 0.3) is 0 Å². The molecular formula is C6H7N3OS. The number of aromatic nitrogens is 2. The summed E-state index contributed by atoms with van der Waals surface area (Å²) in [5.74, 6) is 2.33. The van der Waals surface area contributed by atoms with Gasteiger partial charge >= 0.3 is 0 Å². The van der Waals surface area contributed by atoms with Crippen LogP contribution in [-0.2, 0) is 11.4 Å². The first kappa shape index (κ1) is 8.14. The molecule has 0 aliphatic heterocycles. The van der Waals surface area contributed by atoms with Crippen LogP contribution in [0.3, 0.4) is 0 Å². The predicted octanol–water partition coefficient (Wildman–Crippen LogP) is 0.192. The van der Waals surface area contributed by atoms with Gasteiger partial charge in [0.1, 0.15) is 6.61 Å². The van der Waals surface area contributed by atoms with Crippen molar-refractivity contribution in [3.05, 3.63) is 11.9 Å². The Hall–Kier alpha value is -0.960. The molecule has 4 nitrogen and oxygen atoms in total. The van der Waals surface area contributed by atoms with Gasteiger partial charge in [0.2, 0.25) is 0 Å². The third kappa shape index (κ3) is 3.09. The summed E-state index contributed by atoms with van der Waals surface area (Å²) in [6.45, 7) is 0.801. The Morgan fingerprint density at radius 3 is 3.36 bits per heavy atom. The maximum atomic E-state index is 4.95. The van der Waals surface area contributed by atoms with Crippen LogP contribution in [0.4, 0.5) is 0 Å². The number of terminal acetylenes is 1. The van der Waals surface area contributed by atoms with Gasteiger partial charge in [-0.15, -0.1) is 6.42 Å². The Bertz CT molecular complexity index is 228.